The first-order chi connectivity index (χ1) is 12.8. The van der Waals surface area contributed by atoms with Crippen LogP contribution in [0.25, 0.3) is 11.4 Å². The van der Waals surface area contributed by atoms with Crippen LogP contribution >= 0.6 is 11.8 Å². The van der Waals surface area contributed by atoms with Crippen molar-refractivity contribution in [2.45, 2.75) is 24.5 Å². The Kier molecular flexibility index (Phi) is 5.85. The van der Waals surface area contributed by atoms with E-state index in [9.17, 15) is 17.6 Å². The maximum atomic E-state index is 13.1. The third-order valence-corrected chi connectivity index (χ3v) is 7.33. The lowest BCUT2D eigenvalue weighted by Gasteiger charge is -2.26. The van der Waals surface area contributed by atoms with Crippen LogP contribution in [0.5, 0.6) is 0 Å². The highest BCUT2D eigenvalue weighted by Gasteiger charge is 2.33. The second-order valence-corrected chi connectivity index (χ2v) is 9.57. The number of carbonyl (C=O) groups is 1. The fraction of sp³-hybridized carbons (Fsp3) is 0.471. The predicted molar refractivity (Wildman–Crippen MR) is 102 cm³/mol. The topological polar surface area (TPSA) is 85.2 Å². The number of thioether (sulfide) groups is 1. The zero-order valence-electron chi connectivity index (χ0n) is 15.1. The maximum Gasteiger partial charge on any atom is 0.233 e. The molecule has 1 fully saturated rings. The number of hydrogen-bond acceptors (Lipinski definition) is 6. The molecule has 0 aliphatic carbocycles. The van der Waals surface area contributed by atoms with E-state index in [1.807, 2.05) is 6.92 Å². The highest BCUT2D eigenvalue weighted by molar-refractivity contribution is 7.99. The van der Waals surface area contributed by atoms with Gasteiger partial charge in [0.25, 0.3) is 0 Å². The number of amides is 1. The van der Waals surface area contributed by atoms with Crippen LogP contribution in [-0.2, 0) is 21.7 Å². The third kappa shape index (κ3) is 4.49. The summed E-state index contributed by atoms with van der Waals surface area (Å²) in [5.41, 5.74) is 0.732. The number of carbonyl (C=O) groups excluding carboxylic acids is 1. The summed E-state index contributed by atoms with van der Waals surface area (Å²) in [7, 11) is -1.26. The zero-order valence-corrected chi connectivity index (χ0v) is 16.8. The standard InChI is InChI=1S/C17H21FN4O3S2/c1-3-22(14-8-9-27(24,25)11-14)15(23)10-26-17-20-19-16(21(17)2)12-4-6-13(18)7-5-12/h4-7,14H,3,8-11H2,1-2H3/t14-/m0/s1. The molecule has 0 N–H and O–H groups in total. The summed E-state index contributed by atoms with van der Waals surface area (Å²) in [6, 6.07) is 5.71. The van der Waals surface area contributed by atoms with Crippen LogP contribution in [0.2, 0.25) is 0 Å². The van der Waals surface area contributed by atoms with Crippen molar-refractivity contribution in [1.82, 2.24) is 19.7 Å². The average Bonchev–Trinajstić information content (AvgIpc) is 3.17. The molecular formula is C17H21FN4O3S2. The number of sulfone groups is 1. The molecule has 7 nitrogen and oxygen atoms in total. The van der Waals surface area contributed by atoms with E-state index < -0.39 is 9.84 Å². The minimum Gasteiger partial charge on any atom is -0.338 e. The summed E-state index contributed by atoms with van der Waals surface area (Å²) in [4.78, 5) is 14.2. The molecule has 1 aliphatic heterocycles. The van der Waals surface area contributed by atoms with Gasteiger partial charge in [-0.05, 0) is 37.6 Å². The van der Waals surface area contributed by atoms with Crippen LogP contribution in [0.15, 0.2) is 29.4 Å². The van der Waals surface area contributed by atoms with Gasteiger partial charge in [0.2, 0.25) is 5.91 Å². The molecule has 146 valence electrons. The van der Waals surface area contributed by atoms with Gasteiger partial charge in [0, 0.05) is 25.2 Å². The van der Waals surface area contributed by atoms with E-state index in [1.54, 1.807) is 28.6 Å². The lowest BCUT2D eigenvalue weighted by atomic mass is 10.2. The summed E-state index contributed by atoms with van der Waals surface area (Å²) in [5.74, 6) is 0.471. The minimum absolute atomic E-state index is 0.0376. The first-order valence-electron chi connectivity index (χ1n) is 8.58. The van der Waals surface area contributed by atoms with E-state index in [-0.39, 0.29) is 35.0 Å². The molecule has 0 saturated carbocycles. The van der Waals surface area contributed by atoms with Gasteiger partial charge < -0.3 is 9.47 Å². The summed E-state index contributed by atoms with van der Waals surface area (Å²) < 4.78 is 38.2. The smallest absolute Gasteiger partial charge is 0.233 e. The van der Waals surface area contributed by atoms with Gasteiger partial charge in [-0.25, -0.2) is 12.8 Å². The highest BCUT2D eigenvalue weighted by Crippen LogP contribution is 2.24. The molecule has 1 saturated heterocycles. The van der Waals surface area contributed by atoms with E-state index >= 15 is 0 Å². The van der Waals surface area contributed by atoms with Crippen molar-refractivity contribution in [3.63, 3.8) is 0 Å². The van der Waals surface area contributed by atoms with Crippen molar-refractivity contribution in [2.75, 3.05) is 23.8 Å². The average molecular weight is 413 g/mol. The Morgan fingerprint density at radius 2 is 2.04 bits per heavy atom. The van der Waals surface area contributed by atoms with Crippen LogP contribution in [0.4, 0.5) is 4.39 Å². The van der Waals surface area contributed by atoms with E-state index in [0.717, 1.165) is 5.56 Å². The summed E-state index contributed by atoms with van der Waals surface area (Å²) in [6.45, 7) is 2.32. The fourth-order valence-corrected chi connectivity index (χ4v) is 5.69. The second-order valence-electron chi connectivity index (χ2n) is 6.40. The lowest BCUT2D eigenvalue weighted by Crippen LogP contribution is -2.42. The van der Waals surface area contributed by atoms with Crippen LogP contribution in [0.1, 0.15) is 13.3 Å². The van der Waals surface area contributed by atoms with Gasteiger partial charge in [-0.2, -0.15) is 0 Å². The molecule has 1 aliphatic rings. The number of nitrogens with zero attached hydrogens (tertiary/aromatic N) is 4. The molecule has 1 aromatic heterocycles. The van der Waals surface area contributed by atoms with E-state index in [1.165, 1.54) is 23.9 Å². The molecule has 0 radical (unpaired) electrons. The molecule has 3 rings (SSSR count). The van der Waals surface area contributed by atoms with Crippen molar-refractivity contribution < 1.29 is 17.6 Å². The molecule has 1 aromatic carbocycles. The first-order valence-corrected chi connectivity index (χ1v) is 11.4. The molecule has 2 heterocycles. The van der Waals surface area contributed by atoms with Crippen LogP contribution in [0, 0.1) is 5.82 Å². The second kappa shape index (κ2) is 7.97. The van der Waals surface area contributed by atoms with Gasteiger partial charge in [0.1, 0.15) is 5.82 Å². The molecule has 27 heavy (non-hydrogen) atoms. The van der Waals surface area contributed by atoms with Crippen LogP contribution in [0.3, 0.4) is 0 Å². The fourth-order valence-electron chi connectivity index (χ4n) is 3.16. The number of aromatic nitrogens is 3. The highest BCUT2D eigenvalue weighted by atomic mass is 32.2. The maximum absolute atomic E-state index is 13.1. The van der Waals surface area contributed by atoms with Gasteiger partial charge >= 0.3 is 0 Å². The van der Waals surface area contributed by atoms with E-state index in [0.29, 0.717) is 23.9 Å². The van der Waals surface area contributed by atoms with E-state index in [4.69, 9.17) is 0 Å². The molecule has 1 atom stereocenters. The monoisotopic (exact) mass is 412 g/mol. The Morgan fingerprint density at radius 3 is 2.63 bits per heavy atom. The molecule has 0 unspecified atom stereocenters. The van der Waals surface area contributed by atoms with Crippen molar-refractivity contribution in [3.8, 4) is 11.4 Å². The molecule has 10 heteroatoms. The minimum atomic E-state index is -3.04. The molecule has 0 spiro atoms. The van der Waals surface area contributed by atoms with Crippen LogP contribution in [-0.4, -0.2) is 63.8 Å². The Balaban J connectivity index is 1.66. The normalized spacial score (nSPS) is 18.6. The van der Waals surface area contributed by atoms with Gasteiger partial charge in [-0.1, -0.05) is 11.8 Å². The number of halogens is 1. The summed E-state index contributed by atoms with van der Waals surface area (Å²) >= 11 is 1.25. The number of benzene rings is 1. The molecule has 2 aromatic rings. The van der Waals surface area contributed by atoms with Crippen molar-refractivity contribution >= 4 is 27.5 Å². The summed E-state index contributed by atoms with van der Waals surface area (Å²) in [5, 5.41) is 8.80. The molecular weight excluding hydrogens is 391 g/mol. The first kappa shape index (κ1) is 19.8. The Hall–Kier alpha value is -1.94. The molecule has 0 bridgehead atoms. The number of hydrogen-bond donors (Lipinski definition) is 0. The number of rotatable bonds is 6. The zero-order chi connectivity index (χ0) is 19.6. The van der Waals surface area contributed by atoms with Gasteiger partial charge in [-0.3, -0.25) is 4.79 Å². The van der Waals surface area contributed by atoms with E-state index in [2.05, 4.69) is 10.2 Å². The summed E-state index contributed by atoms with van der Waals surface area (Å²) in [6.07, 6.45) is 0.491. The van der Waals surface area contributed by atoms with Gasteiger partial charge in [0.15, 0.2) is 20.8 Å². The lowest BCUT2D eigenvalue weighted by molar-refractivity contribution is -0.129. The SMILES string of the molecule is CCN(C(=O)CSc1nnc(-c2ccc(F)cc2)n1C)[C@H]1CCS(=O)(=O)C1. The van der Waals surface area contributed by atoms with Gasteiger partial charge in [0.05, 0.1) is 17.3 Å². The van der Waals surface area contributed by atoms with Crippen LogP contribution < -0.4 is 0 Å². The Labute approximate surface area is 161 Å². The molecule has 1 amide bonds. The van der Waals surface area contributed by atoms with Crippen molar-refractivity contribution in [2.24, 2.45) is 7.05 Å². The quantitative estimate of drug-likeness (QED) is 0.672. The van der Waals surface area contributed by atoms with Gasteiger partial charge in [-0.15, -0.1) is 10.2 Å². The Morgan fingerprint density at radius 1 is 1.33 bits per heavy atom. The Bertz CT molecular complexity index is 928. The van der Waals surface area contributed by atoms with Crippen molar-refractivity contribution in [3.05, 3.63) is 30.1 Å². The van der Waals surface area contributed by atoms with Crippen molar-refractivity contribution in [1.29, 1.82) is 0 Å². The third-order valence-electron chi connectivity index (χ3n) is 4.57. The predicted octanol–water partition coefficient (Wildman–Crippen LogP) is 1.75. The largest absolute Gasteiger partial charge is 0.338 e.